The number of aromatic amines is 1. The summed E-state index contributed by atoms with van der Waals surface area (Å²) >= 11 is 0. The van der Waals surface area contributed by atoms with Crippen LogP contribution in [0.4, 0.5) is 0 Å². The first-order valence-electron chi connectivity index (χ1n) is 10.1. The van der Waals surface area contributed by atoms with Gasteiger partial charge in [-0.25, -0.2) is 0 Å². The maximum atomic E-state index is 12.4. The fraction of sp³-hybridized carbons (Fsp3) is 0.571. The summed E-state index contributed by atoms with van der Waals surface area (Å²) in [5, 5.41) is 4.31. The largest absolute Gasteiger partial charge is 0.372 e. The van der Waals surface area contributed by atoms with E-state index in [4.69, 9.17) is 10.5 Å². The molecular formula is C21H30N4O2. The van der Waals surface area contributed by atoms with Crippen molar-refractivity contribution in [3.63, 3.8) is 0 Å². The van der Waals surface area contributed by atoms with E-state index in [9.17, 15) is 4.79 Å². The number of para-hydroxylation sites is 1. The van der Waals surface area contributed by atoms with Gasteiger partial charge in [0.05, 0.1) is 18.8 Å². The van der Waals surface area contributed by atoms with E-state index < -0.39 is 0 Å². The molecular weight excluding hydrogens is 340 g/mol. The summed E-state index contributed by atoms with van der Waals surface area (Å²) in [7, 11) is 0. The minimum atomic E-state index is -0.0849. The fourth-order valence-corrected chi connectivity index (χ4v) is 4.46. The Bertz CT molecular complexity index is 779. The average molecular weight is 370 g/mol. The highest BCUT2D eigenvalue weighted by atomic mass is 16.5. The van der Waals surface area contributed by atoms with Gasteiger partial charge in [-0.3, -0.25) is 9.69 Å². The van der Waals surface area contributed by atoms with Crippen molar-refractivity contribution in [1.29, 1.82) is 0 Å². The first-order valence-corrected chi connectivity index (χ1v) is 10.1. The van der Waals surface area contributed by atoms with Crippen molar-refractivity contribution in [2.75, 3.05) is 32.8 Å². The molecule has 1 aliphatic carbocycles. The lowest BCUT2D eigenvalue weighted by atomic mass is 9.81. The second kappa shape index (κ2) is 8.00. The SMILES string of the molecule is NC1CCC2(CC1)CN(CC(=O)NCCc1c[nH]c3ccccc13)CCO2. The van der Waals surface area contributed by atoms with Crippen LogP contribution in [0, 0.1) is 0 Å². The Labute approximate surface area is 160 Å². The predicted molar refractivity (Wildman–Crippen MR) is 107 cm³/mol. The molecule has 1 aromatic carbocycles. The van der Waals surface area contributed by atoms with Crippen molar-refractivity contribution in [2.45, 2.75) is 43.7 Å². The van der Waals surface area contributed by atoms with E-state index in [1.165, 1.54) is 10.9 Å². The van der Waals surface area contributed by atoms with Gasteiger partial charge in [-0.2, -0.15) is 0 Å². The Morgan fingerprint density at radius 3 is 3.00 bits per heavy atom. The maximum absolute atomic E-state index is 12.4. The number of fused-ring (bicyclic) bond motifs is 1. The number of nitrogens with zero attached hydrogens (tertiary/aromatic N) is 1. The smallest absolute Gasteiger partial charge is 0.234 e. The molecule has 6 heteroatoms. The molecule has 2 aliphatic rings. The molecule has 0 atom stereocenters. The molecule has 1 saturated heterocycles. The van der Waals surface area contributed by atoms with Crippen LogP contribution >= 0.6 is 0 Å². The molecule has 27 heavy (non-hydrogen) atoms. The Morgan fingerprint density at radius 1 is 1.33 bits per heavy atom. The quantitative estimate of drug-likeness (QED) is 0.749. The lowest BCUT2D eigenvalue weighted by molar-refractivity contribution is -0.139. The second-order valence-electron chi connectivity index (χ2n) is 8.04. The van der Waals surface area contributed by atoms with Gasteiger partial charge in [-0.1, -0.05) is 18.2 Å². The van der Waals surface area contributed by atoms with Crippen LogP contribution in [-0.4, -0.2) is 60.2 Å². The Hall–Kier alpha value is -1.89. The molecule has 1 aromatic heterocycles. The average Bonchev–Trinajstić information content (AvgIpc) is 3.08. The van der Waals surface area contributed by atoms with E-state index in [0.717, 1.165) is 50.7 Å². The van der Waals surface area contributed by atoms with Gasteiger partial charge in [0.15, 0.2) is 0 Å². The molecule has 146 valence electrons. The zero-order valence-electron chi connectivity index (χ0n) is 15.9. The number of hydrogen-bond acceptors (Lipinski definition) is 4. The lowest BCUT2D eigenvalue weighted by Crippen LogP contribution is -2.56. The number of ether oxygens (including phenoxy) is 1. The molecule has 1 aliphatic heterocycles. The van der Waals surface area contributed by atoms with E-state index in [1.807, 2.05) is 18.3 Å². The number of hydrogen-bond donors (Lipinski definition) is 3. The number of H-pyrrole nitrogens is 1. The number of nitrogens with two attached hydrogens (primary N) is 1. The monoisotopic (exact) mass is 370 g/mol. The van der Waals surface area contributed by atoms with Gasteiger partial charge in [-0.15, -0.1) is 0 Å². The topological polar surface area (TPSA) is 83.4 Å². The summed E-state index contributed by atoms with van der Waals surface area (Å²) in [4.78, 5) is 17.9. The van der Waals surface area contributed by atoms with Crippen LogP contribution < -0.4 is 11.1 Å². The number of benzene rings is 1. The third-order valence-corrected chi connectivity index (χ3v) is 6.03. The van der Waals surface area contributed by atoms with E-state index in [0.29, 0.717) is 25.7 Å². The number of nitrogens with one attached hydrogen (secondary N) is 2. The second-order valence-corrected chi connectivity index (χ2v) is 8.04. The molecule has 2 heterocycles. The van der Waals surface area contributed by atoms with Gasteiger partial charge in [0.1, 0.15) is 0 Å². The molecule has 1 saturated carbocycles. The van der Waals surface area contributed by atoms with Crippen LogP contribution in [0.5, 0.6) is 0 Å². The van der Waals surface area contributed by atoms with E-state index in [1.54, 1.807) is 0 Å². The molecule has 1 amide bonds. The van der Waals surface area contributed by atoms with Crippen LogP contribution in [0.1, 0.15) is 31.2 Å². The highest BCUT2D eigenvalue weighted by Gasteiger charge is 2.39. The number of morpholine rings is 1. The summed E-state index contributed by atoms with van der Waals surface area (Å²) in [5.74, 6) is 0.0967. The molecule has 1 spiro atoms. The maximum Gasteiger partial charge on any atom is 0.234 e. The highest BCUT2D eigenvalue weighted by molar-refractivity contribution is 5.83. The van der Waals surface area contributed by atoms with Gasteiger partial charge >= 0.3 is 0 Å². The van der Waals surface area contributed by atoms with Crippen molar-refractivity contribution in [2.24, 2.45) is 5.73 Å². The number of aromatic nitrogens is 1. The predicted octanol–water partition coefficient (Wildman–Crippen LogP) is 1.80. The Balaban J connectivity index is 1.24. The molecule has 4 rings (SSSR count). The number of carbonyl (C=O) groups excluding carboxylic acids is 1. The van der Waals surface area contributed by atoms with Gasteiger partial charge in [0.2, 0.25) is 5.91 Å². The van der Waals surface area contributed by atoms with Crippen molar-refractivity contribution >= 4 is 16.8 Å². The van der Waals surface area contributed by atoms with Crippen molar-refractivity contribution in [3.8, 4) is 0 Å². The highest BCUT2D eigenvalue weighted by Crippen LogP contribution is 2.33. The van der Waals surface area contributed by atoms with Gasteiger partial charge in [0, 0.05) is 42.8 Å². The van der Waals surface area contributed by atoms with Crippen LogP contribution in [-0.2, 0) is 16.0 Å². The number of rotatable bonds is 5. The van der Waals surface area contributed by atoms with Gasteiger partial charge < -0.3 is 20.8 Å². The van der Waals surface area contributed by atoms with E-state index >= 15 is 0 Å². The zero-order valence-corrected chi connectivity index (χ0v) is 15.9. The van der Waals surface area contributed by atoms with Gasteiger partial charge in [-0.05, 0) is 43.7 Å². The summed E-state index contributed by atoms with van der Waals surface area (Å²) in [5.41, 5.74) is 8.34. The minimum absolute atomic E-state index is 0.0849. The third-order valence-electron chi connectivity index (χ3n) is 6.03. The third kappa shape index (κ3) is 4.34. The van der Waals surface area contributed by atoms with Crippen LogP contribution in [0.25, 0.3) is 10.9 Å². The molecule has 0 radical (unpaired) electrons. The molecule has 0 bridgehead atoms. The fourth-order valence-electron chi connectivity index (χ4n) is 4.46. The van der Waals surface area contributed by atoms with Crippen LogP contribution in [0.2, 0.25) is 0 Å². The number of carbonyl (C=O) groups is 1. The van der Waals surface area contributed by atoms with Crippen molar-refractivity contribution in [3.05, 3.63) is 36.0 Å². The van der Waals surface area contributed by atoms with Crippen LogP contribution in [0.3, 0.4) is 0 Å². The van der Waals surface area contributed by atoms with Gasteiger partial charge in [0.25, 0.3) is 0 Å². The minimum Gasteiger partial charge on any atom is -0.372 e. The van der Waals surface area contributed by atoms with Crippen molar-refractivity contribution < 1.29 is 9.53 Å². The van der Waals surface area contributed by atoms with Crippen molar-refractivity contribution in [1.82, 2.24) is 15.2 Å². The first kappa shape index (κ1) is 18.5. The molecule has 4 N–H and O–H groups in total. The van der Waals surface area contributed by atoms with Crippen LogP contribution in [0.15, 0.2) is 30.5 Å². The summed E-state index contributed by atoms with van der Waals surface area (Å²) < 4.78 is 6.11. The Kier molecular flexibility index (Phi) is 5.48. The summed E-state index contributed by atoms with van der Waals surface area (Å²) in [6.45, 7) is 3.48. The molecule has 2 aromatic rings. The first-order chi connectivity index (χ1) is 13.1. The number of amides is 1. The van der Waals surface area contributed by atoms with E-state index in [2.05, 4.69) is 27.3 Å². The summed E-state index contributed by atoms with van der Waals surface area (Å²) in [6.07, 6.45) is 6.92. The molecule has 0 unspecified atom stereocenters. The van der Waals surface area contributed by atoms with E-state index in [-0.39, 0.29) is 11.5 Å². The standard InChI is InChI=1S/C21H30N4O2/c22-17-5-8-21(9-6-17)15-25(11-12-27-21)14-20(26)23-10-7-16-13-24-19-4-2-1-3-18(16)19/h1-4,13,17,24H,5-12,14-15,22H2,(H,23,26). The molecule has 2 fully saturated rings. The summed E-state index contributed by atoms with van der Waals surface area (Å²) in [6, 6.07) is 8.57. The normalized spacial score (nSPS) is 26.5. The molecule has 6 nitrogen and oxygen atoms in total. The Morgan fingerprint density at radius 2 is 2.15 bits per heavy atom. The lowest BCUT2D eigenvalue weighted by Gasteiger charge is -2.45. The zero-order chi connectivity index (χ0) is 18.7.